The minimum atomic E-state index is -0.845. The molecule has 0 spiro atoms. The van der Waals surface area contributed by atoms with E-state index in [2.05, 4.69) is 43.5 Å². The number of hydrogen-bond acceptors (Lipinski definition) is 5. The lowest BCUT2D eigenvalue weighted by molar-refractivity contribution is -0.143. The zero-order valence-electron chi connectivity index (χ0n) is 52.7. The Morgan fingerprint density at radius 1 is 0.359 bits per heavy atom. The van der Waals surface area contributed by atoms with Gasteiger partial charge in [-0.2, -0.15) is 0 Å². The molecule has 78 heavy (non-hydrogen) atoms. The van der Waals surface area contributed by atoms with Gasteiger partial charge in [-0.25, -0.2) is 0 Å². The maximum absolute atomic E-state index is 12.5. The third-order valence-electron chi connectivity index (χ3n) is 16.4. The van der Waals surface area contributed by atoms with E-state index in [0.29, 0.717) is 19.4 Å². The Hall–Kier alpha value is -1.92. The molecular formula is C72H137NO5. The van der Waals surface area contributed by atoms with E-state index in [1.807, 2.05) is 6.08 Å². The first-order valence-electron chi connectivity index (χ1n) is 35.3. The number of unbranched alkanes of at least 4 members (excludes halogenated alkanes) is 51. The molecule has 2 unspecified atom stereocenters. The van der Waals surface area contributed by atoms with Crippen molar-refractivity contribution in [2.45, 2.75) is 398 Å². The minimum absolute atomic E-state index is 0.000818. The average molecular weight is 1100 g/mol. The van der Waals surface area contributed by atoms with Crippen LogP contribution in [-0.2, 0) is 14.3 Å². The van der Waals surface area contributed by atoms with E-state index in [4.69, 9.17) is 4.74 Å². The maximum Gasteiger partial charge on any atom is 0.305 e. The van der Waals surface area contributed by atoms with Gasteiger partial charge in [0.1, 0.15) is 0 Å². The Bertz CT molecular complexity index is 1260. The second kappa shape index (κ2) is 67.6. The van der Waals surface area contributed by atoms with Crippen molar-refractivity contribution in [3.05, 3.63) is 36.5 Å². The van der Waals surface area contributed by atoms with Crippen LogP contribution in [0.3, 0.4) is 0 Å². The van der Waals surface area contributed by atoms with Crippen LogP contribution in [-0.4, -0.2) is 47.4 Å². The lowest BCUT2D eigenvalue weighted by atomic mass is 10.0. The summed E-state index contributed by atoms with van der Waals surface area (Å²) in [6.07, 6.45) is 86.5. The SMILES string of the molecule is CCCC/C=C\C/C=C\CCCCCCCC(=O)OCCCCCCCCCCCCCCCCCCCCCCCCCCC(=O)NC(CO)C(O)/C=C/CCCCCCCCCCCCCCCCCCCCCCC. The summed E-state index contributed by atoms with van der Waals surface area (Å²) in [6, 6.07) is -0.629. The number of nitrogens with one attached hydrogen (secondary N) is 1. The first kappa shape index (κ1) is 76.1. The Kier molecular flexibility index (Phi) is 65.9. The van der Waals surface area contributed by atoms with Crippen molar-refractivity contribution >= 4 is 11.9 Å². The highest BCUT2D eigenvalue weighted by atomic mass is 16.5. The molecule has 6 heteroatoms. The van der Waals surface area contributed by atoms with E-state index >= 15 is 0 Å². The van der Waals surface area contributed by atoms with Gasteiger partial charge in [-0.1, -0.05) is 352 Å². The fraction of sp³-hybridized carbons (Fsp3) is 0.889. The molecule has 0 aliphatic carbocycles. The number of allylic oxidation sites excluding steroid dienone is 5. The van der Waals surface area contributed by atoms with Crippen LogP contribution in [0.1, 0.15) is 386 Å². The van der Waals surface area contributed by atoms with Crippen molar-refractivity contribution in [3.8, 4) is 0 Å². The molecular weight excluding hydrogens is 959 g/mol. The molecule has 0 aromatic heterocycles. The first-order valence-corrected chi connectivity index (χ1v) is 35.3. The van der Waals surface area contributed by atoms with Crippen molar-refractivity contribution in [1.82, 2.24) is 5.32 Å². The van der Waals surface area contributed by atoms with Gasteiger partial charge in [-0.05, 0) is 57.8 Å². The molecule has 3 N–H and O–H groups in total. The molecule has 460 valence electrons. The summed E-state index contributed by atoms with van der Waals surface area (Å²) >= 11 is 0. The average Bonchev–Trinajstić information content (AvgIpc) is 3.44. The van der Waals surface area contributed by atoms with Gasteiger partial charge in [0.05, 0.1) is 25.4 Å². The molecule has 0 aliphatic heterocycles. The molecule has 0 aliphatic rings. The Balaban J connectivity index is 3.40. The summed E-state index contributed by atoms with van der Waals surface area (Å²) in [4.78, 5) is 24.6. The van der Waals surface area contributed by atoms with E-state index in [0.717, 1.165) is 51.4 Å². The normalized spacial score (nSPS) is 12.7. The smallest absolute Gasteiger partial charge is 0.305 e. The number of carbonyl (C=O) groups is 2. The lowest BCUT2D eigenvalue weighted by Crippen LogP contribution is -2.45. The fourth-order valence-electron chi connectivity index (χ4n) is 11.0. The van der Waals surface area contributed by atoms with Crippen LogP contribution >= 0.6 is 0 Å². The van der Waals surface area contributed by atoms with E-state index in [1.54, 1.807) is 6.08 Å². The van der Waals surface area contributed by atoms with Crippen LogP contribution in [0.2, 0.25) is 0 Å². The van der Waals surface area contributed by atoms with Gasteiger partial charge in [0.15, 0.2) is 0 Å². The van der Waals surface area contributed by atoms with Crippen molar-refractivity contribution in [2.24, 2.45) is 0 Å². The largest absolute Gasteiger partial charge is 0.466 e. The highest BCUT2D eigenvalue weighted by molar-refractivity contribution is 5.76. The molecule has 0 fully saturated rings. The van der Waals surface area contributed by atoms with Gasteiger partial charge in [-0.15, -0.1) is 0 Å². The number of carbonyl (C=O) groups excluding carboxylic acids is 2. The van der Waals surface area contributed by atoms with Crippen LogP contribution in [0, 0.1) is 0 Å². The highest BCUT2D eigenvalue weighted by Gasteiger charge is 2.18. The van der Waals surface area contributed by atoms with Crippen LogP contribution in [0.5, 0.6) is 0 Å². The van der Waals surface area contributed by atoms with Gasteiger partial charge >= 0.3 is 5.97 Å². The molecule has 0 aromatic carbocycles. The van der Waals surface area contributed by atoms with Gasteiger partial charge < -0.3 is 20.3 Å². The van der Waals surface area contributed by atoms with Gasteiger partial charge in [0.2, 0.25) is 5.91 Å². The Labute approximate surface area is 487 Å². The van der Waals surface area contributed by atoms with E-state index in [1.165, 1.54) is 308 Å². The summed E-state index contributed by atoms with van der Waals surface area (Å²) in [5.74, 6) is -0.0622. The second-order valence-electron chi connectivity index (χ2n) is 24.2. The van der Waals surface area contributed by atoms with Crippen LogP contribution < -0.4 is 5.32 Å². The number of rotatable bonds is 66. The van der Waals surface area contributed by atoms with Crippen LogP contribution in [0.25, 0.3) is 0 Å². The first-order chi connectivity index (χ1) is 38.5. The van der Waals surface area contributed by atoms with Crippen molar-refractivity contribution in [3.63, 3.8) is 0 Å². The quantitative estimate of drug-likeness (QED) is 0.0320. The standard InChI is InChI=1S/C72H137NO5/c1-3-5-7-9-11-13-15-17-19-20-21-22-25-28-31-34-37-40-44-48-52-56-60-64-70(75)69(68-74)73-71(76)65-61-57-53-49-45-41-38-35-32-29-26-23-24-27-30-33-36-39-43-47-51-55-59-63-67-78-72(77)66-62-58-54-50-46-42-18-16-14-12-10-8-6-4-2/h10,12,16,18,60,64,69-70,74-75H,3-9,11,13-15,17,19-59,61-63,65-68H2,1-2H3,(H,73,76)/b12-10-,18-16-,64-60+. The highest BCUT2D eigenvalue weighted by Crippen LogP contribution is 2.19. The van der Waals surface area contributed by atoms with Gasteiger partial charge in [0, 0.05) is 12.8 Å². The molecule has 0 radical (unpaired) electrons. The summed E-state index contributed by atoms with van der Waals surface area (Å²) in [5, 5.41) is 23.3. The fourth-order valence-corrected chi connectivity index (χ4v) is 11.0. The summed E-state index contributed by atoms with van der Waals surface area (Å²) in [7, 11) is 0. The molecule has 0 bridgehead atoms. The molecule has 6 nitrogen and oxygen atoms in total. The van der Waals surface area contributed by atoms with Gasteiger partial charge in [-0.3, -0.25) is 9.59 Å². The minimum Gasteiger partial charge on any atom is -0.466 e. The van der Waals surface area contributed by atoms with E-state index < -0.39 is 12.1 Å². The van der Waals surface area contributed by atoms with E-state index in [9.17, 15) is 19.8 Å². The predicted octanol–water partition coefficient (Wildman–Crippen LogP) is 22.7. The maximum atomic E-state index is 12.5. The second-order valence-corrected chi connectivity index (χ2v) is 24.2. The third kappa shape index (κ3) is 63.3. The number of aliphatic hydroxyl groups is 2. The lowest BCUT2D eigenvalue weighted by Gasteiger charge is -2.20. The molecule has 0 saturated carbocycles. The number of hydrogen-bond donors (Lipinski definition) is 3. The molecule has 0 heterocycles. The number of aliphatic hydroxyl groups excluding tert-OH is 2. The topological polar surface area (TPSA) is 95.9 Å². The van der Waals surface area contributed by atoms with Crippen molar-refractivity contribution < 1.29 is 24.5 Å². The van der Waals surface area contributed by atoms with Crippen LogP contribution in [0.15, 0.2) is 36.5 Å². The molecule has 2 atom stereocenters. The Morgan fingerprint density at radius 2 is 0.654 bits per heavy atom. The number of amides is 1. The summed E-state index contributed by atoms with van der Waals surface area (Å²) in [6.45, 7) is 4.89. The molecule has 0 saturated heterocycles. The monoisotopic (exact) mass is 1100 g/mol. The summed E-state index contributed by atoms with van der Waals surface area (Å²) in [5.41, 5.74) is 0. The van der Waals surface area contributed by atoms with Crippen molar-refractivity contribution in [1.29, 1.82) is 0 Å². The molecule has 1 amide bonds. The van der Waals surface area contributed by atoms with Crippen molar-refractivity contribution in [2.75, 3.05) is 13.2 Å². The zero-order chi connectivity index (χ0) is 56.4. The summed E-state index contributed by atoms with van der Waals surface area (Å²) < 4.78 is 5.48. The van der Waals surface area contributed by atoms with E-state index in [-0.39, 0.29) is 18.5 Å². The number of esters is 1. The predicted molar refractivity (Wildman–Crippen MR) is 343 cm³/mol. The van der Waals surface area contributed by atoms with Gasteiger partial charge in [0.25, 0.3) is 0 Å². The zero-order valence-corrected chi connectivity index (χ0v) is 52.7. The molecule has 0 aromatic rings. The van der Waals surface area contributed by atoms with Crippen LogP contribution in [0.4, 0.5) is 0 Å². The number of ether oxygens (including phenoxy) is 1. The Morgan fingerprint density at radius 3 is 1.01 bits per heavy atom. The molecule has 0 rings (SSSR count). The third-order valence-corrected chi connectivity index (χ3v) is 16.4.